The molecule has 1 aliphatic carbocycles. The number of aromatic carboxylic acids is 1. The van der Waals surface area contributed by atoms with E-state index in [4.69, 9.17) is 5.11 Å². The molecule has 0 saturated heterocycles. The molecule has 2 rings (SSSR count). The normalized spacial score (nSPS) is 15.2. The number of anilines is 1. The van der Waals surface area contributed by atoms with Crippen LogP contribution >= 0.6 is 0 Å². The Morgan fingerprint density at radius 3 is 2.79 bits per heavy atom. The maximum atomic E-state index is 13.3. The number of rotatable bonds is 3. The summed E-state index contributed by atoms with van der Waals surface area (Å²) in [5.74, 6) is -1.61. The molecular weight excluding hydrogens is 185 g/mol. The molecule has 0 bridgehead atoms. The summed E-state index contributed by atoms with van der Waals surface area (Å²) in [6, 6.07) is 4.30. The van der Waals surface area contributed by atoms with Crippen molar-refractivity contribution in [3.8, 4) is 0 Å². The minimum absolute atomic E-state index is 0.00287. The Balaban J connectivity index is 2.36. The van der Waals surface area contributed by atoms with Crippen molar-refractivity contribution >= 4 is 11.7 Å². The molecule has 1 aromatic carbocycles. The second-order valence-electron chi connectivity index (χ2n) is 3.39. The highest BCUT2D eigenvalue weighted by molar-refractivity contribution is 5.94. The van der Waals surface area contributed by atoms with Crippen LogP contribution in [0.5, 0.6) is 0 Å². The van der Waals surface area contributed by atoms with Crippen molar-refractivity contribution in [3.05, 3.63) is 29.6 Å². The van der Waals surface area contributed by atoms with Gasteiger partial charge >= 0.3 is 5.97 Å². The summed E-state index contributed by atoms with van der Waals surface area (Å²) in [5, 5.41) is 11.7. The van der Waals surface area contributed by atoms with Gasteiger partial charge in [-0.3, -0.25) is 0 Å². The zero-order chi connectivity index (χ0) is 10.1. The molecule has 0 amide bonds. The zero-order valence-corrected chi connectivity index (χ0v) is 7.46. The van der Waals surface area contributed by atoms with Gasteiger partial charge in [-0.05, 0) is 25.0 Å². The largest absolute Gasteiger partial charge is 0.478 e. The van der Waals surface area contributed by atoms with Crippen molar-refractivity contribution in [3.63, 3.8) is 0 Å². The number of carbonyl (C=O) groups is 1. The first-order chi connectivity index (χ1) is 6.68. The van der Waals surface area contributed by atoms with E-state index in [0.717, 1.165) is 12.8 Å². The highest BCUT2D eigenvalue weighted by Crippen LogP contribution is 2.28. The van der Waals surface area contributed by atoms with Gasteiger partial charge < -0.3 is 10.4 Å². The highest BCUT2D eigenvalue weighted by atomic mass is 19.1. The second kappa shape index (κ2) is 3.29. The van der Waals surface area contributed by atoms with Crippen LogP contribution < -0.4 is 5.32 Å². The van der Waals surface area contributed by atoms with E-state index >= 15 is 0 Å². The van der Waals surface area contributed by atoms with Gasteiger partial charge in [-0.2, -0.15) is 0 Å². The van der Waals surface area contributed by atoms with Gasteiger partial charge in [-0.25, -0.2) is 9.18 Å². The molecule has 0 atom stereocenters. The average molecular weight is 195 g/mol. The Kier molecular flexibility index (Phi) is 2.11. The maximum absolute atomic E-state index is 13.3. The molecule has 0 heterocycles. The Morgan fingerprint density at radius 2 is 2.21 bits per heavy atom. The van der Waals surface area contributed by atoms with Crippen molar-refractivity contribution in [1.82, 2.24) is 0 Å². The van der Waals surface area contributed by atoms with Crippen LogP contribution in [0.25, 0.3) is 0 Å². The third-order valence-electron chi connectivity index (χ3n) is 2.17. The second-order valence-corrected chi connectivity index (χ2v) is 3.39. The van der Waals surface area contributed by atoms with Crippen LogP contribution in [0.4, 0.5) is 10.1 Å². The molecule has 1 aromatic rings. The van der Waals surface area contributed by atoms with Crippen LogP contribution in [0.3, 0.4) is 0 Å². The smallest absolute Gasteiger partial charge is 0.337 e. The summed E-state index contributed by atoms with van der Waals surface area (Å²) in [7, 11) is 0. The summed E-state index contributed by atoms with van der Waals surface area (Å²) in [5.41, 5.74) is 0.111. The lowest BCUT2D eigenvalue weighted by molar-refractivity contribution is 0.0697. The van der Waals surface area contributed by atoms with Gasteiger partial charge in [-0.1, -0.05) is 6.07 Å². The van der Waals surface area contributed by atoms with Crippen molar-refractivity contribution in [2.24, 2.45) is 0 Å². The molecule has 0 unspecified atom stereocenters. The third kappa shape index (κ3) is 1.69. The number of hydrogen-bond acceptors (Lipinski definition) is 2. The summed E-state index contributed by atoms with van der Waals surface area (Å²) >= 11 is 0. The molecule has 1 saturated carbocycles. The van der Waals surface area contributed by atoms with Crippen LogP contribution in [0.2, 0.25) is 0 Å². The monoisotopic (exact) mass is 195 g/mol. The van der Waals surface area contributed by atoms with E-state index in [0.29, 0.717) is 0 Å². The van der Waals surface area contributed by atoms with Crippen LogP contribution in [-0.2, 0) is 0 Å². The van der Waals surface area contributed by atoms with Gasteiger partial charge in [0.15, 0.2) is 0 Å². The average Bonchev–Trinajstić information content (AvgIpc) is 2.91. The summed E-state index contributed by atoms with van der Waals surface area (Å²) in [6.45, 7) is 0. The van der Waals surface area contributed by atoms with E-state index in [1.54, 1.807) is 0 Å². The number of carboxylic acid groups (broad SMARTS) is 1. The van der Waals surface area contributed by atoms with Gasteiger partial charge in [0.1, 0.15) is 5.82 Å². The van der Waals surface area contributed by atoms with E-state index in [1.165, 1.54) is 18.2 Å². The van der Waals surface area contributed by atoms with Crippen LogP contribution in [-0.4, -0.2) is 17.1 Å². The van der Waals surface area contributed by atoms with E-state index in [-0.39, 0.29) is 17.3 Å². The van der Waals surface area contributed by atoms with Gasteiger partial charge in [0, 0.05) is 6.04 Å². The third-order valence-corrected chi connectivity index (χ3v) is 2.17. The van der Waals surface area contributed by atoms with Crippen molar-refractivity contribution in [2.75, 3.05) is 5.32 Å². The fraction of sp³-hybridized carbons (Fsp3) is 0.300. The van der Waals surface area contributed by atoms with Crippen LogP contribution in [0.15, 0.2) is 18.2 Å². The lowest BCUT2D eigenvalue weighted by Crippen LogP contribution is -2.09. The fourth-order valence-electron chi connectivity index (χ4n) is 1.28. The Morgan fingerprint density at radius 1 is 1.50 bits per heavy atom. The Labute approximate surface area is 80.6 Å². The van der Waals surface area contributed by atoms with Crippen molar-refractivity contribution < 1.29 is 14.3 Å². The molecule has 74 valence electrons. The minimum Gasteiger partial charge on any atom is -0.478 e. The molecule has 0 aromatic heterocycles. The first-order valence-electron chi connectivity index (χ1n) is 4.47. The quantitative estimate of drug-likeness (QED) is 0.776. The molecule has 0 radical (unpaired) electrons. The number of hydrogen-bond donors (Lipinski definition) is 2. The molecule has 1 aliphatic rings. The predicted molar refractivity (Wildman–Crippen MR) is 50.0 cm³/mol. The lowest BCUT2D eigenvalue weighted by atomic mass is 10.1. The van der Waals surface area contributed by atoms with Gasteiger partial charge in [0.25, 0.3) is 0 Å². The van der Waals surface area contributed by atoms with E-state index < -0.39 is 11.8 Å². The topological polar surface area (TPSA) is 49.3 Å². The van der Waals surface area contributed by atoms with Crippen molar-refractivity contribution in [1.29, 1.82) is 0 Å². The Bertz CT molecular complexity index is 374. The molecule has 1 fully saturated rings. The van der Waals surface area contributed by atoms with Crippen molar-refractivity contribution in [2.45, 2.75) is 18.9 Å². The number of halogens is 1. The maximum Gasteiger partial charge on any atom is 0.337 e. The first-order valence-corrected chi connectivity index (χ1v) is 4.47. The van der Waals surface area contributed by atoms with E-state index in [2.05, 4.69) is 5.32 Å². The summed E-state index contributed by atoms with van der Waals surface area (Å²) < 4.78 is 13.3. The Hall–Kier alpha value is -1.58. The minimum atomic E-state index is -1.10. The number of carboxylic acids is 1. The molecule has 2 N–H and O–H groups in total. The fourth-order valence-corrected chi connectivity index (χ4v) is 1.28. The molecule has 0 aliphatic heterocycles. The molecule has 14 heavy (non-hydrogen) atoms. The molecule has 3 nitrogen and oxygen atoms in total. The van der Waals surface area contributed by atoms with Gasteiger partial charge in [0.2, 0.25) is 0 Å². The predicted octanol–water partition coefficient (Wildman–Crippen LogP) is 2.10. The molecular formula is C10H10FNO2. The zero-order valence-electron chi connectivity index (χ0n) is 7.46. The van der Waals surface area contributed by atoms with E-state index in [1.807, 2.05) is 0 Å². The van der Waals surface area contributed by atoms with E-state index in [9.17, 15) is 9.18 Å². The SMILES string of the molecule is O=C(O)c1cccc(F)c1NC1CC1. The van der Waals surface area contributed by atoms with Gasteiger partial charge in [-0.15, -0.1) is 0 Å². The standard InChI is InChI=1S/C10H10FNO2/c11-8-3-1-2-7(10(13)14)9(8)12-6-4-5-6/h1-3,6,12H,4-5H2,(H,13,14). The van der Waals surface area contributed by atoms with Crippen LogP contribution in [0, 0.1) is 5.82 Å². The molecule has 4 heteroatoms. The first kappa shape index (κ1) is 8.99. The van der Waals surface area contributed by atoms with Crippen LogP contribution in [0.1, 0.15) is 23.2 Å². The molecule has 0 spiro atoms. The number of benzene rings is 1. The number of nitrogens with one attached hydrogen (secondary N) is 1. The van der Waals surface area contributed by atoms with Gasteiger partial charge in [0.05, 0.1) is 11.3 Å². The lowest BCUT2D eigenvalue weighted by Gasteiger charge is -2.08. The summed E-state index contributed by atoms with van der Waals surface area (Å²) in [4.78, 5) is 10.8. The summed E-state index contributed by atoms with van der Waals surface area (Å²) in [6.07, 6.45) is 1.96. The highest BCUT2D eigenvalue weighted by Gasteiger charge is 2.24. The number of para-hydroxylation sites is 1.